The number of carboxylic acids is 1. The molecule has 0 spiro atoms. The van der Waals surface area contributed by atoms with Crippen molar-refractivity contribution in [3.05, 3.63) is 32.1 Å². The number of H-pyrrole nitrogens is 1. The molecule has 1 aliphatic rings. The highest BCUT2D eigenvalue weighted by Gasteiger charge is 2.22. The first-order valence-corrected chi connectivity index (χ1v) is 5.34. The Balaban J connectivity index is 2.48. The Morgan fingerprint density at radius 2 is 2.18 bits per heavy atom. The molecule has 92 valence electrons. The third-order valence-electron chi connectivity index (χ3n) is 2.95. The van der Waals surface area contributed by atoms with Gasteiger partial charge in [0.25, 0.3) is 5.56 Å². The highest BCUT2D eigenvalue weighted by molar-refractivity contribution is 5.72. The van der Waals surface area contributed by atoms with Gasteiger partial charge in [-0.1, -0.05) is 0 Å². The van der Waals surface area contributed by atoms with Crippen LogP contribution in [0.15, 0.2) is 9.59 Å². The zero-order valence-electron chi connectivity index (χ0n) is 9.10. The fourth-order valence-electron chi connectivity index (χ4n) is 2.10. The van der Waals surface area contributed by atoms with Crippen LogP contribution in [0.5, 0.6) is 0 Å². The molecule has 0 saturated carbocycles. The van der Waals surface area contributed by atoms with E-state index in [2.05, 4.69) is 4.98 Å². The third-order valence-corrected chi connectivity index (χ3v) is 2.95. The highest BCUT2D eigenvalue weighted by Crippen LogP contribution is 2.16. The SMILES string of the molecule is N[C@H](Cn1c2c(c(=O)[nH]c1=O)CCC2)C(=O)O. The number of nitrogens with zero attached hydrogens (tertiary/aromatic N) is 1. The largest absolute Gasteiger partial charge is 0.480 e. The summed E-state index contributed by atoms with van der Waals surface area (Å²) in [6.07, 6.45) is 2.03. The van der Waals surface area contributed by atoms with E-state index < -0.39 is 17.7 Å². The van der Waals surface area contributed by atoms with E-state index in [-0.39, 0.29) is 12.1 Å². The number of carboxylic acid groups (broad SMARTS) is 1. The van der Waals surface area contributed by atoms with Gasteiger partial charge in [-0.3, -0.25) is 19.1 Å². The monoisotopic (exact) mass is 239 g/mol. The van der Waals surface area contributed by atoms with Gasteiger partial charge in [0.15, 0.2) is 0 Å². The maximum absolute atomic E-state index is 11.6. The maximum Gasteiger partial charge on any atom is 0.328 e. The second kappa shape index (κ2) is 4.17. The van der Waals surface area contributed by atoms with Crippen molar-refractivity contribution in [1.29, 1.82) is 0 Å². The minimum absolute atomic E-state index is 0.118. The second-order valence-electron chi connectivity index (χ2n) is 4.09. The Bertz CT molecular complexity index is 572. The summed E-state index contributed by atoms with van der Waals surface area (Å²) < 4.78 is 1.27. The van der Waals surface area contributed by atoms with Gasteiger partial charge in [0, 0.05) is 11.3 Å². The number of nitrogens with one attached hydrogen (secondary N) is 1. The van der Waals surface area contributed by atoms with E-state index >= 15 is 0 Å². The van der Waals surface area contributed by atoms with Crippen LogP contribution in [-0.2, 0) is 24.2 Å². The lowest BCUT2D eigenvalue weighted by molar-refractivity contribution is -0.138. The van der Waals surface area contributed by atoms with Crippen molar-refractivity contribution in [2.24, 2.45) is 5.73 Å². The summed E-state index contributed by atoms with van der Waals surface area (Å²) in [5, 5.41) is 8.73. The minimum atomic E-state index is -1.17. The normalized spacial score (nSPS) is 15.6. The van der Waals surface area contributed by atoms with E-state index in [0.717, 1.165) is 6.42 Å². The average molecular weight is 239 g/mol. The molecule has 7 nitrogen and oxygen atoms in total. The van der Waals surface area contributed by atoms with E-state index in [1.807, 2.05) is 0 Å². The van der Waals surface area contributed by atoms with Crippen molar-refractivity contribution < 1.29 is 9.90 Å². The van der Waals surface area contributed by atoms with Crippen LogP contribution in [0.4, 0.5) is 0 Å². The van der Waals surface area contributed by atoms with Crippen molar-refractivity contribution in [2.75, 3.05) is 0 Å². The molecule has 1 aromatic rings. The van der Waals surface area contributed by atoms with Crippen molar-refractivity contribution in [2.45, 2.75) is 31.8 Å². The molecule has 0 saturated heterocycles. The van der Waals surface area contributed by atoms with Crippen molar-refractivity contribution >= 4 is 5.97 Å². The zero-order chi connectivity index (χ0) is 12.6. The summed E-state index contributed by atoms with van der Waals surface area (Å²) in [5.74, 6) is -1.17. The Morgan fingerprint density at radius 1 is 1.47 bits per heavy atom. The van der Waals surface area contributed by atoms with Gasteiger partial charge in [0.05, 0.1) is 6.54 Å². The molecule has 0 amide bonds. The molecule has 17 heavy (non-hydrogen) atoms. The van der Waals surface area contributed by atoms with Crippen molar-refractivity contribution in [3.8, 4) is 0 Å². The number of aliphatic carboxylic acids is 1. The van der Waals surface area contributed by atoms with Gasteiger partial charge >= 0.3 is 11.7 Å². The van der Waals surface area contributed by atoms with Gasteiger partial charge in [-0.25, -0.2) is 4.79 Å². The van der Waals surface area contributed by atoms with Gasteiger partial charge in [-0.05, 0) is 19.3 Å². The lowest BCUT2D eigenvalue weighted by Gasteiger charge is -2.13. The molecule has 1 heterocycles. The molecule has 1 aliphatic carbocycles. The van der Waals surface area contributed by atoms with Crippen LogP contribution in [0.3, 0.4) is 0 Å². The Kier molecular flexibility index (Phi) is 2.84. The number of aromatic nitrogens is 2. The summed E-state index contributed by atoms with van der Waals surface area (Å²) in [6, 6.07) is -1.15. The molecule has 0 radical (unpaired) electrons. The molecular formula is C10H13N3O4. The molecule has 0 fully saturated rings. The standard InChI is InChI=1S/C10H13N3O4/c11-6(9(15)16)4-13-7-3-1-2-5(7)8(14)12-10(13)17/h6H,1-4,11H2,(H,15,16)(H,12,14,17)/t6-/m1/s1. The number of fused-ring (bicyclic) bond motifs is 1. The topological polar surface area (TPSA) is 118 Å². The van der Waals surface area contributed by atoms with E-state index in [1.165, 1.54) is 4.57 Å². The maximum atomic E-state index is 11.6. The zero-order valence-corrected chi connectivity index (χ0v) is 9.10. The van der Waals surface area contributed by atoms with Crippen LogP contribution in [0, 0.1) is 0 Å². The van der Waals surface area contributed by atoms with Crippen LogP contribution in [0.2, 0.25) is 0 Å². The number of carbonyl (C=O) groups is 1. The summed E-state index contributed by atoms with van der Waals surface area (Å²) in [7, 11) is 0. The van der Waals surface area contributed by atoms with E-state index in [9.17, 15) is 14.4 Å². The summed E-state index contributed by atoms with van der Waals surface area (Å²) in [4.78, 5) is 36.0. The molecule has 1 aromatic heterocycles. The van der Waals surface area contributed by atoms with E-state index in [4.69, 9.17) is 10.8 Å². The number of hydrogen-bond donors (Lipinski definition) is 3. The van der Waals surface area contributed by atoms with Gasteiger partial charge in [-0.2, -0.15) is 0 Å². The molecular weight excluding hydrogens is 226 g/mol. The Hall–Kier alpha value is -1.89. The quantitative estimate of drug-likeness (QED) is 0.589. The van der Waals surface area contributed by atoms with Crippen LogP contribution >= 0.6 is 0 Å². The van der Waals surface area contributed by atoms with Crippen molar-refractivity contribution in [1.82, 2.24) is 9.55 Å². The Morgan fingerprint density at radius 3 is 2.82 bits per heavy atom. The Labute approximate surface area is 95.9 Å². The molecule has 4 N–H and O–H groups in total. The predicted molar refractivity (Wildman–Crippen MR) is 59.0 cm³/mol. The third kappa shape index (κ3) is 2.01. The molecule has 7 heteroatoms. The van der Waals surface area contributed by atoms with Gasteiger partial charge in [-0.15, -0.1) is 0 Å². The first-order valence-electron chi connectivity index (χ1n) is 5.34. The molecule has 0 aromatic carbocycles. The van der Waals surface area contributed by atoms with Crippen LogP contribution in [-0.4, -0.2) is 26.7 Å². The van der Waals surface area contributed by atoms with Crippen LogP contribution in [0.1, 0.15) is 17.7 Å². The molecule has 1 atom stereocenters. The molecule has 0 bridgehead atoms. The van der Waals surface area contributed by atoms with E-state index in [1.54, 1.807) is 0 Å². The summed E-state index contributed by atoms with van der Waals surface area (Å²) >= 11 is 0. The summed E-state index contributed by atoms with van der Waals surface area (Å²) in [5.41, 5.74) is 5.63. The highest BCUT2D eigenvalue weighted by atomic mass is 16.4. The first-order chi connectivity index (χ1) is 8.00. The second-order valence-corrected chi connectivity index (χ2v) is 4.09. The summed E-state index contributed by atoms with van der Waals surface area (Å²) in [6.45, 7) is -0.118. The lowest BCUT2D eigenvalue weighted by atomic mass is 10.2. The van der Waals surface area contributed by atoms with Gasteiger partial charge < -0.3 is 10.8 Å². The number of rotatable bonds is 3. The number of hydrogen-bond acceptors (Lipinski definition) is 4. The van der Waals surface area contributed by atoms with Crippen LogP contribution in [0.25, 0.3) is 0 Å². The lowest BCUT2D eigenvalue weighted by Crippen LogP contribution is -2.42. The minimum Gasteiger partial charge on any atom is -0.480 e. The fraction of sp³-hybridized carbons (Fsp3) is 0.500. The number of aromatic amines is 1. The fourth-order valence-corrected chi connectivity index (χ4v) is 2.10. The number of nitrogens with two attached hydrogens (primary N) is 1. The smallest absolute Gasteiger partial charge is 0.328 e. The first kappa shape index (κ1) is 11.6. The molecule has 2 rings (SSSR count). The van der Waals surface area contributed by atoms with Crippen molar-refractivity contribution in [3.63, 3.8) is 0 Å². The van der Waals surface area contributed by atoms with Crippen LogP contribution < -0.4 is 17.0 Å². The molecule has 0 unspecified atom stereocenters. The molecule has 0 aliphatic heterocycles. The van der Waals surface area contributed by atoms with Gasteiger partial charge in [0.2, 0.25) is 0 Å². The van der Waals surface area contributed by atoms with E-state index in [0.29, 0.717) is 24.1 Å². The van der Waals surface area contributed by atoms with Gasteiger partial charge in [0.1, 0.15) is 6.04 Å². The predicted octanol–water partition coefficient (Wildman–Crippen LogP) is -1.56. The average Bonchev–Trinajstić information content (AvgIpc) is 2.72.